The Morgan fingerprint density at radius 1 is 1.53 bits per heavy atom. The molecule has 0 aliphatic heterocycles. The van der Waals surface area contributed by atoms with E-state index in [0.717, 1.165) is 19.3 Å². The van der Waals surface area contributed by atoms with Gasteiger partial charge in [-0.2, -0.15) is 0 Å². The topological polar surface area (TPSA) is 37.3 Å². The molecular formula is C15H22O2. The van der Waals surface area contributed by atoms with Gasteiger partial charge in [0.15, 0.2) is 0 Å². The number of rotatable bonds is 2. The maximum absolute atomic E-state index is 11.1. The van der Waals surface area contributed by atoms with E-state index in [1.54, 1.807) is 0 Å². The third kappa shape index (κ3) is 2.18. The monoisotopic (exact) mass is 234 g/mol. The van der Waals surface area contributed by atoms with Crippen LogP contribution in [0, 0.1) is 17.3 Å². The van der Waals surface area contributed by atoms with Crippen molar-refractivity contribution >= 4 is 5.97 Å². The quantitative estimate of drug-likeness (QED) is 0.738. The highest BCUT2D eigenvalue weighted by atomic mass is 16.4. The van der Waals surface area contributed by atoms with Gasteiger partial charge in [-0.05, 0) is 56.3 Å². The molecular weight excluding hydrogens is 212 g/mol. The molecule has 0 heterocycles. The van der Waals surface area contributed by atoms with E-state index in [4.69, 9.17) is 5.11 Å². The Labute approximate surface area is 103 Å². The van der Waals surface area contributed by atoms with Crippen LogP contribution in [0.5, 0.6) is 0 Å². The molecule has 0 aromatic carbocycles. The van der Waals surface area contributed by atoms with Gasteiger partial charge in [0.1, 0.15) is 0 Å². The maximum atomic E-state index is 11.1. The van der Waals surface area contributed by atoms with E-state index < -0.39 is 5.97 Å². The number of fused-ring (bicyclic) bond motifs is 1. The maximum Gasteiger partial charge on any atom is 0.331 e. The van der Waals surface area contributed by atoms with Crippen molar-refractivity contribution in [2.24, 2.45) is 17.3 Å². The van der Waals surface area contributed by atoms with Crippen LogP contribution in [-0.4, -0.2) is 11.1 Å². The minimum Gasteiger partial charge on any atom is -0.478 e. The summed E-state index contributed by atoms with van der Waals surface area (Å²) in [7, 11) is 0. The van der Waals surface area contributed by atoms with Crippen molar-refractivity contribution in [1.29, 1.82) is 0 Å². The fourth-order valence-corrected chi connectivity index (χ4v) is 3.71. The fourth-order valence-electron chi connectivity index (χ4n) is 3.71. The average molecular weight is 234 g/mol. The molecule has 0 aromatic heterocycles. The Balaban J connectivity index is 2.22. The lowest BCUT2D eigenvalue weighted by Gasteiger charge is -2.32. The summed E-state index contributed by atoms with van der Waals surface area (Å²) in [4.78, 5) is 11.1. The van der Waals surface area contributed by atoms with Gasteiger partial charge in [-0.15, -0.1) is 0 Å². The van der Waals surface area contributed by atoms with Crippen LogP contribution in [0.2, 0.25) is 0 Å². The van der Waals surface area contributed by atoms with E-state index in [1.807, 2.05) is 6.08 Å². The molecule has 0 bridgehead atoms. The van der Waals surface area contributed by atoms with E-state index in [9.17, 15) is 4.79 Å². The van der Waals surface area contributed by atoms with Crippen molar-refractivity contribution < 1.29 is 9.90 Å². The molecule has 3 unspecified atom stereocenters. The highest BCUT2D eigenvalue weighted by molar-refractivity contribution is 5.86. The molecule has 0 spiro atoms. The second kappa shape index (κ2) is 4.32. The average Bonchev–Trinajstić information content (AvgIpc) is 2.47. The zero-order chi connectivity index (χ0) is 12.6. The van der Waals surface area contributed by atoms with Crippen molar-refractivity contribution in [1.82, 2.24) is 0 Å². The van der Waals surface area contributed by atoms with Gasteiger partial charge in [-0.3, -0.25) is 0 Å². The van der Waals surface area contributed by atoms with Gasteiger partial charge in [-0.25, -0.2) is 4.79 Å². The summed E-state index contributed by atoms with van der Waals surface area (Å²) >= 11 is 0. The smallest absolute Gasteiger partial charge is 0.331 e. The molecule has 2 aliphatic carbocycles. The molecule has 2 rings (SSSR count). The Bertz CT molecular complexity index is 380. The number of carbonyl (C=O) groups is 1. The number of allylic oxidation sites excluding steroid dienone is 2. The van der Waals surface area contributed by atoms with Crippen molar-refractivity contribution in [3.05, 3.63) is 23.8 Å². The summed E-state index contributed by atoms with van der Waals surface area (Å²) in [6, 6.07) is 0. The molecule has 1 N–H and O–H groups in total. The third-order valence-corrected chi connectivity index (χ3v) is 4.85. The van der Waals surface area contributed by atoms with Crippen LogP contribution < -0.4 is 0 Å². The lowest BCUT2D eigenvalue weighted by molar-refractivity contribution is -0.132. The standard InChI is InChI=1S/C15H22O2/c1-10(2)12-7-9-15(3)8-6-11(14(16)17)4-5-13(12)15/h6,12-13H,1,4-5,7-9H2,2-3H3,(H,16,17). The van der Waals surface area contributed by atoms with Crippen LogP contribution in [0.1, 0.15) is 46.0 Å². The summed E-state index contributed by atoms with van der Waals surface area (Å²) in [5.41, 5.74) is 2.18. The molecule has 1 saturated carbocycles. The lowest BCUT2D eigenvalue weighted by atomic mass is 9.72. The molecule has 0 amide bonds. The summed E-state index contributed by atoms with van der Waals surface area (Å²) in [5.74, 6) is 0.482. The SMILES string of the molecule is C=C(C)C1CCC2(C)CC=C(C(=O)O)CCC12. The van der Waals surface area contributed by atoms with Gasteiger partial charge in [0.2, 0.25) is 0 Å². The van der Waals surface area contributed by atoms with Crippen LogP contribution in [0.25, 0.3) is 0 Å². The molecule has 94 valence electrons. The summed E-state index contributed by atoms with van der Waals surface area (Å²) in [6.45, 7) is 8.55. The van der Waals surface area contributed by atoms with Gasteiger partial charge in [0.05, 0.1) is 0 Å². The van der Waals surface area contributed by atoms with Gasteiger partial charge >= 0.3 is 5.97 Å². The number of carboxylic acids is 1. The van der Waals surface area contributed by atoms with Gasteiger partial charge in [0.25, 0.3) is 0 Å². The molecule has 0 saturated heterocycles. The van der Waals surface area contributed by atoms with Crippen molar-refractivity contribution in [3.63, 3.8) is 0 Å². The van der Waals surface area contributed by atoms with Crippen LogP contribution in [0.3, 0.4) is 0 Å². The highest BCUT2D eigenvalue weighted by Gasteiger charge is 2.45. The zero-order valence-corrected chi connectivity index (χ0v) is 10.8. The number of hydrogen-bond donors (Lipinski definition) is 1. The third-order valence-electron chi connectivity index (χ3n) is 4.85. The first-order chi connectivity index (χ1) is 7.94. The number of carboxylic acid groups (broad SMARTS) is 1. The fraction of sp³-hybridized carbons (Fsp3) is 0.667. The van der Waals surface area contributed by atoms with E-state index in [0.29, 0.717) is 22.8 Å². The van der Waals surface area contributed by atoms with Crippen molar-refractivity contribution in [2.45, 2.75) is 46.0 Å². The minimum absolute atomic E-state index is 0.292. The Hall–Kier alpha value is -1.05. The summed E-state index contributed by atoms with van der Waals surface area (Å²) < 4.78 is 0. The molecule has 17 heavy (non-hydrogen) atoms. The molecule has 1 fully saturated rings. The second-order valence-corrected chi connectivity index (χ2v) is 6.03. The first-order valence-corrected chi connectivity index (χ1v) is 6.52. The largest absolute Gasteiger partial charge is 0.478 e. The number of hydrogen-bond acceptors (Lipinski definition) is 1. The van der Waals surface area contributed by atoms with E-state index in [-0.39, 0.29) is 0 Å². The minimum atomic E-state index is -0.736. The van der Waals surface area contributed by atoms with E-state index in [2.05, 4.69) is 20.4 Å². The first-order valence-electron chi connectivity index (χ1n) is 6.52. The molecule has 2 aliphatic rings. The molecule has 0 aromatic rings. The Kier molecular flexibility index (Phi) is 3.15. The number of aliphatic carboxylic acids is 1. The highest BCUT2D eigenvalue weighted by Crippen LogP contribution is 2.54. The molecule has 2 heteroatoms. The van der Waals surface area contributed by atoms with Crippen LogP contribution in [0.4, 0.5) is 0 Å². The lowest BCUT2D eigenvalue weighted by Crippen LogP contribution is -2.24. The van der Waals surface area contributed by atoms with Crippen LogP contribution >= 0.6 is 0 Å². The van der Waals surface area contributed by atoms with Crippen molar-refractivity contribution in [2.75, 3.05) is 0 Å². The second-order valence-electron chi connectivity index (χ2n) is 6.03. The normalized spacial score (nSPS) is 36.9. The Morgan fingerprint density at radius 3 is 2.82 bits per heavy atom. The van der Waals surface area contributed by atoms with Gasteiger partial charge in [0, 0.05) is 5.57 Å². The van der Waals surface area contributed by atoms with Gasteiger partial charge < -0.3 is 5.11 Å². The van der Waals surface area contributed by atoms with E-state index >= 15 is 0 Å². The van der Waals surface area contributed by atoms with Crippen LogP contribution in [-0.2, 0) is 4.79 Å². The predicted octanol–water partition coefficient (Wildman–Crippen LogP) is 3.79. The Morgan fingerprint density at radius 2 is 2.24 bits per heavy atom. The molecule has 3 atom stereocenters. The van der Waals surface area contributed by atoms with Gasteiger partial charge in [-0.1, -0.05) is 25.2 Å². The summed E-state index contributed by atoms with van der Waals surface area (Å²) in [5, 5.41) is 9.10. The van der Waals surface area contributed by atoms with Crippen molar-refractivity contribution in [3.8, 4) is 0 Å². The van der Waals surface area contributed by atoms with E-state index in [1.165, 1.54) is 18.4 Å². The first kappa shape index (κ1) is 12.4. The predicted molar refractivity (Wildman–Crippen MR) is 68.7 cm³/mol. The van der Waals surface area contributed by atoms with Crippen LogP contribution in [0.15, 0.2) is 23.8 Å². The summed E-state index contributed by atoms with van der Waals surface area (Å²) in [6.07, 6.45) is 7.04. The molecule has 0 radical (unpaired) electrons. The molecule has 2 nitrogen and oxygen atoms in total. The zero-order valence-electron chi connectivity index (χ0n) is 10.8.